The van der Waals surface area contributed by atoms with Crippen LogP contribution in [0.4, 0.5) is 0 Å². The fourth-order valence-corrected chi connectivity index (χ4v) is 3.46. The van der Waals surface area contributed by atoms with E-state index in [2.05, 4.69) is 28.6 Å². The Morgan fingerprint density at radius 1 is 0.743 bits per heavy atom. The maximum absolute atomic E-state index is 13.2. The third kappa shape index (κ3) is 9.04. The number of hydrogen-bond donors (Lipinski definition) is 7. The van der Waals surface area contributed by atoms with Gasteiger partial charge in [0.15, 0.2) is 0 Å². The number of carboxylic acid groups (broad SMARTS) is 1. The van der Waals surface area contributed by atoms with Crippen molar-refractivity contribution in [1.29, 1.82) is 0 Å². The Labute approximate surface area is 208 Å². The van der Waals surface area contributed by atoms with Crippen molar-refractivity contribution in [1.82, 2.24) is 16.0 Å². The Kier molecular flexibility index (Phi) is 11.2. The highest BCUT2D eigenvalue weighted by Gasteiger charge is 2.30. The highest BCUT2D eigenvalue weighted by molar-refractivity contribution is 7.80. The molecule has 0 fully saturated rings. The summed E-state index contributed by atoms with van der Waals surface area (Å²) in [6, 6.07) is 13.1. The molecule has 0 aliphatic heterocycles. The van der Waals surface area contributed by atoms with Crippen molar-refractivity contribution in [2.24, 2.45) is 5.73 Å². The zero-order valence-corrected chi connectivity index (χ0v) is 19.9. The number of benzene rings is 2. The number of amides is 3. The van der Waals surface area contributed by atoms with Crippen LogP contribution in [0, 0.1) is 0 Å². The fraction of sp³-hybridized carbons (Fsp3) is 0.333. The van der Waals surface area contributed by atoms with Gasteiger partial charge < -0.3 is 31.9 Å². The van der Waals surface area contributed by atoms with Gasteiger partial charge in [0, 0.05) is 18.6 Å². The second kappa shape index (κ2) is 14.1. The number of aliphatic carboxylic acids is 1. The van der Waals surface area contributed by atoms with Crippen LogP contribution in [0.2, 0.25) is 0 Å². The molecule has 0 saturated heterocycles. The monoisotopic (exact) mass is 502 g/mol. The van der Waals surface area contributed by atoms with Gasteiger partial charge in [0.2, 0.25) is 17.7 Å². The van der Waals surface area contributed by atoms with Gasteiger partial charge in [-0.05, 0) is 11.1 Å². The van der Waals surface area contributed by atoms with E-state index >= 15 is 0 Å². The first-order valence-electron chi connectivity index (χ1n) is 10.9. The number of nitrogens with two attached hydrogens (primary N) is 1. The Morgan fingerprint density at radius 3 is 1.51 bits per heavy atom. The van der Waals surface area contributed by atoms with E-state index < -0.39 is 54.5 Å². The average Bonchev–Trinajstić information content (AvgIpc) is 2.86. The van der Waals surface area contributed by atoms with Crippen LogP contribution in [0.5, 0.6) is 0 Å². The summed E-state index contributed by atoms with van der Waals surface area (Å²) in [6.07, 6.45) is 0.185. The van der Waals surface area contributed by atoms with Crippen molar-refractivity contribution in [3.05, 3.63) is 71.8 Å². The average molecular weight is 503 g/mol. The number of carboxylic acids is 1. The molecular weight excluding hydrogens is 472 g/mol. The number of hydrogen-bond acceptors (Lipinski definition) is 7. The van der Waals surface area contributed by atoms with Crippen molar-refractivity contribution in [3.8, 4) is 0 Å². The number of carbonyl (C=O) groups excluding carboxylic acids is 3. The first kappa shape index (κ1) is 27.8. The number of carbonyl (C=O) groups is 4. The molecule has 0 spiro atoms. The van der Waals surface area contributed by atoms with Crippen LogP contribution in [0.3, 0.4) is 0 Å². The lowest BCUT2D eigenvalue weighted by Gasteiger charge is -2.25. The molecule has 0 heterocycles. The summed E-state index contributed by atoms with van der Waals surface area (Å²) >= 11 is 3.96. The molecule has 188 valence electrons. The van der Waals surface area contributed by atoms with Crippen molar-refractivity contribution < 1.29 is 29.4 Å². The quantitative estimate of drug-likeness (QED) is 0.177. The Hall–Kier alpha value is -3.41. The minimum atomic E-state index is -1.26. The number of nitrogens with one attached hydrogen (secondary N) is 3. The van der Waals surface area contributed by atoms with Crippen LogP contribution in [0.15, 0.2) is 60.7 Å². The number of aliphatic hydroxyl groups is 1. The molecule has 0 aliphatic carbocycles. The van der Waals surface area contributed by atoms with E-state index in [1.165, 1.54) is 0 Å². The van der Waals surface area contributed by atoms with Crippen LogP contribution in [-0.2, 0) is 32.0 Å². The molecule has 0 saturated carbocycles. The molecule has 3 amide bonds. The van der Waals surface area contributed by atoms with Gasteiger partial charge in [0.05, 0.1) is 6.61 Å². The summed E-state index contributed by atoms with van der Waals surface area (Å²) in [5.74, 6) is -3.50. The Morgan fingerprint density at radius 2 is 1.14 bits per heavy atom. The fourth-order valence-electron chi connectivity index (χ4n) is 3.21. The molecule has 0 bridgehead atoms. The summed E-state index contributed by atoms with van der Waals surface area (Å²) in [7, 11) is 0. The van der Waals surface area contributed by atoms with Gasteiger partial charge in [0.25, 0.3) is 0 Å². The standard InChI is InChI=1S/C24H30N4O6S/c25-17(13-29)21(30)26-18(11-15-7-3-1-4-8-15)22(31)27-19(12-16-9-5-2-6-10-16)23(32)28-20(14-35)24(33)34/h1-10,17-20,29,35H,11-14,25H2,(H,26,30)(H,27,31)(H,28,32)(H,33,34). The molecule has 2 aromatic rings. The Balaban J connectivity index is 2.27. The zero-order valence-electron chi connectivity index (χ0n) is 19.0. The van der Waals surface area contributed by atoms with Crippen LogP contribution in [-0.4, -0.2) is 70.4 Å². The summed E-state index contributed by atoms with van der Waals surface area (Å²) in [5.41, 5.74) is 7.07. The molecule has 0 radical (unpaired) electrons. The molecule has 4 unspecified atom stereocenters. The van der Waals surface area contributed by atoms with E-state index in [4.69, 9.17) is 5.73 Å². The van der Waals surface area contributed by atoms with E-state index in [1.54, 1.807) is 60.7 Å². The molecule has 11 heteroatoms. The first-order chi connectivity index (χ1) is 16.7. The summed E-state index contributed by atoms with van der Waals surface area (Å²) in [4.78, 5) is 49.9. The highest BCUT2D eigenvalue weighted by atomic mass is 32.1. The predicted molar refractivity (Wildman–Crippen MR) is 133 cm³/mol. The van der Waals surface area contributed by atoms with Gasteiger partial charge in [-0.3, -0.25) is 14.4 Å². The van der Waals surface area contributed by atoms with E-state index in [9.17, 15) is 29.4 Å². The SMILES string of the molecule is NC(CO)C(=O)NC(Cc1ccccc1)C(=O)NC(Cc1ccccc1)C(=O)NC(CS)C(=O)O. The lowest BCUT2D eigenvalue weighted by molar-refractivity contribution is -0.141. The minimum absolute atomic E-state index is 0.0828. The predicted octanol–water partition coefficient (Wildman–Crippen LogP) is -0.740. The molecule has 2 rings (SSSR count). The maximum Gasteiger partial charge on any atom is 0.327 e. The van der Waals surface area contributed by atoms with Gasteiger partial charge in [-0.1, -0.05) is 60.7 Å². The third-order valence-corrected chi connectivity index (χ3v) is 5.53. The normalized spacial score (nSPS) is 14.1. The largest absolute Gasteiger partial charge is 0.480 e. The van der Waals surface area contributed by atoms with Crippen molar-refractivity contribution in [3.63, 3.8) is 0 Å². The van der Waals surface area contributed by atoms with E-state index in [1.807, 2.05) is 0 Å². The smallest absolute Gasteiger partial charge is 0.327 e. The summed E-state index contributed by atoms with van der Waals surface area (Å²) in [5, 5.41) is 26.0. The second-order valence-electron chi connectivity index (χ2n) is 7.87. The highest BCUT2D eigenvalue weighted by Crippen LogP contribution is 2.08. The molecule has 0 aliphatic rings. The lowest BCUT2D eigenvalue weighted by atomic mass is 10.0. The maximum atomic E-state index is 13.2. The van der Waals surface area contributed by atoms with Crippen molar-refractivity contribution in [2.75, 3.05) is 12.4 Å². The number of rotatable bonds is 13. The first-order valence-corrected chi connectivity index (χ1v) is 11.6. The summed E-state index contributed by atoms with van der Waals surface area (Å²) < 4.78 is 0. The minimum Gasteiger partial charge on any atom is -0.480 e. The molecule has 2 aromatic carbocycles. The van der Waals surface area contributed by atoms with Crippen LogP contribution < -0.4 is 21.7 Å². The molecule has 0 aromatic heterocycles. The summed E-state index contributed by atoms with van der Waals surface area (Å²) in [6.45, 7) is -0.606. The molecule has 7 N–H and O–H groups in total. The zero-order chi connectivity index (χ0) is 25.8. The van der Waals surface area contributed by atoms with E-state index in [-0.39, 0.29) is 18.6 Å². The lowest BCUT2D eigenvalue weighted by Crippen LogP contribution is -2.58. The Bertz CT molecular complexity index is 992. The van der Waals surface area contributed by atoms with Gasteiger partial charge in [-0.2, -0.15) is 12.6 Å². The second-order valence-corrected chi connectivity index (χ2v) is 8.24. The van der Waals surface area contributed by atoms with Gasteiger partial charge in [0.1, 0.15) is 24.2 Å². The van der Waals surface area contributed by atoms with Gasteiger partial charge in [-0.15, -0.1) is 0 Å². The van der Waals surface area contributed by atoms with E-state index in [0.29, 0.717) is 0 Å². The number of thiol groups is 1. The van der Waals surface area contributed by atoms with Crippen molar-refractivity contribution in [2.45, 2.75) is 37.0 Å². The van der Waals surface area contributed by atoms with E-state index in [0.717, 1.165) is 11.1 Å². The van der Waals surface area contributed by atoms with Crippen LogP contribution in [0.1, 0.15) is 11.1 Å². The molecule has 4 atom stereocenters. The topological polar surface area (TPSA) is 171 Å². The van der Waals surface area contributed by atoms with Crippen LogP contribution >= 0.6 is 12.6 Å². The van der Waals surface area contributed by atoms with Crippen LogP contribution in [0.25, 0.3) is 0 Å². The molecule has 35 heavy (non-hydrogen) atoms. The third-order valence-electron chi connectivity index (χ3n) is 5.16. The van der Waals surface area contributed by atoms with Gasteiger partial charge >= 0.3 is 5.97 Å². The number of aliphatic hydroxyl groups excluding tert-OH is 1. The van der Waals surface area contributed by atoms with Gasteiger partial charge in [-0.25, -0.2) is 4.79 Å². The molecular formula is C24H30N4O6S. The van der Waals surface area contributed by atoms with Crippen molar-refractivity contribution >= 4 is 36.3 Å². The molecule has 10 nitrogen and oxygen atoms in total.